The Morgan fingerprint density at radius 1 is 1.25 bits per heavy atom. The molecule has 1 saturated carbocycles. The van der Waals surface area contributed by atoms with Crippen LogP contribution in [0.1, 0.15) is 55.6 Å². The van der Waals surface area contributed by atoms with E-state index in [1.54, 1.807) is 19.1 Å². The van der Waals surface area contributed by atoms with Gasteiger partial charge in [0.2, 0.25) is 5.28 Å². The summed E-state index contributed by atoms with van der Waals surface area (Å²) in [6.45, 7) is 10.5. The number of nitrogens with zero attached hydrogens (tertiary/aromatic N) is 3. The van der Waals surface area contributed by atoms with Gasteiger partial charge in [0.15, 0.2) is 0 Å². The van der Waals surface area contributed by atoms with Crippen LogP contribution >= 0.6 is 11.6 Å². The molecular weight excluding hydrogens is 376 g/mol. The van der Waals surface area contributed by atoms with E-state index in [1.165, 1.54) is 18.5 Å². The zero-order valence-electron chi connectivity index (χ0n) is 16.7. The molecule has 1 aliphatic carbocycles. The first-order chi connectivity index (χ1) is 13.0. The number of nitriles is 1. The van der Waals surface area contributed by atoms with Gasteiger partial charge in [0.25, 0.3) is 5.91 Å². The SMILES string of the molecule is CC1(C)CC(C)(C)C1NC(=O)c1cnc(Cl)nc1.Cc1cc(O)ccc1C#N. The quantitative estimate of drug-likeness (QED) is 0.734. The third-order valence-electron chi connectivity index (χ3n) is 4.96. The molecule has 1 aliphatic rings. The van der Waals surface area contributed by atoms with Crippen LogP contribution in [0.4, 0.5) is 0 Å². The van der Waals surface area contributed by atoms with Crippen LogP contribution in [0.3, 0.4) is 0 Å². The van der Waals surface area contributed by atoms with E-state index in [-0.39, 0.29) is 33.8 Å². The van der Waals surface area contributed by atoms with Gasteiger partial charge in [0.05, 0.1) is 17.2 Å². The largest absolute Gasteiger partial charge is 0.508 e. The summed E-state index contributed by atoms with van der Waals surface area (Å²) in [6.07, 6.45) is 3.99. The number of hydrogen-bond donors (Lipinski definition) is 2. The Bertz CT molecular complexity index is 888. The molecule has 2 N–H and O–H groups in total. The minimum atomic E-state index is -0.141. The minimum Gasteiger partial charge on any atom is -0.508 e. The highest BCUT2D eigenvalue weighted by Crippen LogP contribution is 2.53. The Balaban J connectivity index is 0.000000237. The van der Waals surface area contributed by atoms with Crippen LogP contribution < -0.4 is 5.32 Å². The molecule has 0 aliphatic heterocycles. The monoisotopic (exact) mass is 400 g/mol. The van der Waals surface area contributed by atoms with Crippen LogP contribution in [-0.2, 0) is 0 Å². The second-order valence-corrected chi connectivity index (χ2v) is 8.75. The summed E-state index contributed by atoms with van der Waals surface area (Å²) in [7, 11) is 0. The second-order valence-electron chi connectivity index (χ2n) is 8.41. The molecule has 3 rings (SSSR count). The third-order valence-corrected chi connectivity index (χ3v) is 5.16. The molecule has 2 aromatic rings. The number of benzene rings is 1. The first-order valence-electron chi connectivity index (χ1n) is 8.94. The van der Waals surface area contributed by atoms with E-state index in [1.807, 2.05) is 6.07 Å². The highest BCUT2D eigenvalue weighted by molar-refractivity contribution is 6.28. The predicted octanol–water partition coefficient (Wildman–Crippen LogP) is 4.26. The van der Waals surface area contributed by atoms with Crippen molar-refractivity contribution < 1.29 is 9.90 Å². The molecule has 148 valence electrons. The van der Waals surface area contributed by atoms with Gasteiger partial charge in [-0.15, -0.1) is 0 Å². The van der Waals surface area contributed by atoms with E-state index in [0.717, 1.165) is 12.0 Å². The molecule has 0 saturated heterocycles. The van der Waals surface area contributed by atoms with E-state index in [4.69, 9.17) is 22.0 Å². The van der Waals surface area contributed by atoms with Crippen molar-refractivity contribution in [3.8, 4) is 11.8 Å². The fourth-order valence-electron chi connectivity index (χ4n) is 4.11. The summed E-state index contributed by atoms with van der Waals surface area (Å²) in [5.41, 5.74) is 2.12. The van der Waals surface area contributed by atoms with Gasteiger partial charge in [0, 0.05) is 18.4 Å². The van der Waals surface area contributed by atoms with Crippen LogP contribution in [0.5, 0.6) is 5.75 Å². The smallest absolute Gasteiger partial charge is 0.254 e. The lowest BCUT2D eigenvalue weighted by atomic mass is 9.52. The number of phenolic OH excluding ortho intramolecular Hbond substituents is 1. The maximum atomic E-state index is 12.1. The second kappa shape index (κ2) is 8.15. The van der Waals surface area contributed by atoms with Crippen molar-refractivity contribution in [1.82, 2.24) is 15.3 Å². The number of hydrogen-bond acceptors (Lipinski definition) is 5. The number of carbonyl (C=O) groups is 1. The molecule has 0 bridgehead atoms. The fraction of sp³-hybridized carbons (Fsp3) is 0.429. The predicted molar refractivity (Wildman–Crippen MR) is 108 cm³/mol. The number of halogens is 1. The van der Waals surface area contributed by atoms with Crippen LogP contribution in [0.25, 0.3) is 0 Å². The van der Waals surface area contributed by atoms with Gasteiger partial charge in [-0.25, -0.2) is 9.97 Å². The maximum Gasteiger partial charge on any atom is 0.254 e. The average Bonchev–Trinajstić information content (AvgIpc) is 2.60. The van der Waals surface area contributed by atoms with Crippen molar-refractivity contribution in [2.75, 3.05) is 0 Å². The molecule has 6 nitrogen and oxygen atoms in total. The zero-order valence-corrected chi connectivity index (χ0v) is 17.5. The summed E-state index contributed by atoms with van der Waals surface area (Å²) in [5.74, 6) is 0.0639. The Hall–Kier alpha value is -2.65. The van der Waals surface area contributed by atoms with Crippen molar-refractivity contribution in [3.05, 3.63) is 52.6 Å². The fourth-order valence-corrected chi connectivity index (χ4v) is 4.21. The molecule has 1 heterocycles. The molecule has 1 aromatic carbocycles. The number of aromatic hydroxyl groups is 1. The number of amides is 1. The minimum absolute atomic E-state index is 0.131. The van der Waals surface area contributed by atoms with Crippen molar-refractivity contribution in [2.24, 2.45) is 10.8 Å². The van der Waals surface area contributed by atoms with Gasteiger partial charge in [-0.2, -0.15) is 5.26 Å². The Morgan fingerprint density at radius 2 is 1.82 bits per heavy atom. The molecule has 0 unspecified atom stereocenters. The third kappa shape index (κ3) is 4.99. The summed E-state index contributed by atoms with van der Waals surface area (Å²) in [6, 6.07) is 6.85. The van der Waals surface area contributed by atoms with Crippen molar-refractivity contribution in [2.45, 2.75) is 47.1 Å². The molecule has 28 heavy (non-hydrogen) atoms. The van der Waals surface area contributed by atoms with Gasteiger partial charge < -0.3 is 10.4 Å². The first kappa shape index (κ1) is 21.6. The van der Waals surface area contributed by atoms with E-state index in [2.05, 4.69) is 43.0 Å². The molecule has 1 amide bonds. The molecule has 0 radical (unpaired) electrons. The summed E-state index contributed by atoms with van der Waals surface area (Å²) >= 11 is 5.60. The molecular formula is C21H25ClN4O2. The Kier molecular flexibility index (Phi) is 6.30. The number of rotatable bonds is 2. The maximum absolute atomic E-state index is 12.1. The van der Waals surface area contributed by atoms with Gasteiger partial charge in [-0.1, -0.05) is 27.7 Å². The van der Waals surface area contributed by atoms with Gasteiger partial charge >= 0.3 is 0 Å². The summed E-state index contributed by atoms with van der Waals surface area (Å²) < 4.78 is 0. The standard InChI is InChI=1S/C13H18ClN3O.C8H7NO/c1-12(2)7-13(3,4)10(12)17-9(18)8-5-15-11(14)16-6-8;1-6-4-8(10)3-2-7(6)5-9/h5-6,10H,7H2,1-4H3,(H,17,18);2-4,10H,1H3. The normalized spacial score (nSPS) is 16.8. The average molecular weight is 401 g/mol. The van der Waals surface area contributed by atoms with Gasteiger partial charge in [0.1, 0.15) is 5.75 Å². The van der Waals surface area contributed by atoms with Crippen molar-refractivity contribution in [3.63, 3.8) is 0 Å². The van der Waals surface area contributed by atoms with Crippen LogP contribution in [0.15, 0.2) is 30.6 Å². The summed E-state index contributed by atoms with van der Waals surface area (Å²) in [5, 5.41) is 20.6. The number of aryl methyl sites for hydroxylation is 1. The molecule has 0 spiro atoms. The first-order valence-corrected chi connectivity index (χ1v) is 9.32. The summed E-state index contributed by atoms with van der Waals surface area (Å²) in [4.78, 5) is 19.7. The van der Waals surface area contributed by atoms with Crippen LogP contribution in [0.2, 0.25) is 5.28 Å². The number of carbonyl (C=O) groups excluding carboxylic acids is 1. The van der Waals surface area contributed by atoms with E-state index in [0.29, 0.717) is 11.1 Å². The van der Waals surface area contributed by atoms with E-state index >= 15 is 0 Å². The Morgan fingerprint density at radius 3 is 2.29 bits per heavy atom. The van der Waals surface area contributed by atoms with E-state index in [9.17, 15) is 4.79 Å². The lowest BCUT2D eigenvalue weighted by Crippen LogP contribution is -2.63. The lowest BCUT2D eigenvalue weighted by molar-refractivity contribution is -0.0366. The van der Waals surface area contributed by atoms with Crippen LogP contribution in [0, 0.1) is 29.1 Å². The highest BCUT2D eigenvalue weighted by atomic mass is 35.5. The molecule has 7 heteroatoms. The molecule has 0 atom stereocenters. The number of aromatic nitrogens is 2. The van der Waals surface area contributed by atoms with Crippen LogP contribution in [-0.4, -0.2) is 27.0 Å². The zero-order chi connectivity index (χ0) is 21.1. The Labute approximate surface area is 170 Å². The van der Waals surface area contributed by atoms with Gasteiger partial charge in [-0.05, 0) is 59.5 Å². The van der Waals surface area contributed by atoms with E-state index < -0.39 is 0 Å². The number of phenols is 1. The molecule has 1 aromatic heterocycles. The molecule has 1 fully saturated rings. The lowest BCUT2D eigenvalue weighted by Gasteiger charge is -2.57. The van der Waals surface area contributed by atoms with Gasteiger partial charge in [-0.3, -0.25) is 4.79 Å². The highest BCUT2D eigenvalue weighted by Gasteiger charge is 2.53. The van der Waals surface area contributed by atoms with Crippen molar-refractivity contribution >= 4 is 17.5 Å². The number of nitrogens with one attached hydrogen (secondary N) is 1. The topological polar surface area (TPSA) is 98.9 Å². The van der Waals surface area contributed by atoms with Crippen molar-refractivity contribution in [1.29, 1.82) is 5.26 Å².